The Bertz CT molecular complexity index is 923. The highest BCUT2D eigenvalue weighted by Gasteiger charge is 2.09. The van der Waals surface area contributed by atoms with Crippen LogP contribution in [0.4, 0.5) is 10.1 Å². The zero-order valence-electron chi connectivity index (χ0n) is 14.6. The number of amides is 2. The molecule has 5 nitrogen and oxygen atoms in total. The fraction of sp³-hybridized carbons (Fsp3) is 0.143. The first-order valence-electron chi connectivity index (χ1n) is 8.56. The number of carbonyl (C=O) groups is 2. The topological polar surface area (TPSA) is 71.3 Å². The number of anilines is 1. The molecule has 3 rings (SSSR count). The van der Waals surface area contributed by atoms with Gasteiger partial charge < -0.3 is 15.1 Å². The third-order valence-corrected chi connectivity index (χ3v) is 4.00. The Labute approximate surface area is 156 Å². The van der Waals surface area contributed by atoms with E-state index in [-0.39, 0.29) is 29.8 Å². The molecule has 0 aliphatic carbocycles. The lowest BCUT2D eigenvalue weighted by Gasteiger charge is -2.08. The van der Waals surface area contributed by atoms with Crippen molar-refractivity contribution < 1.29 is 18.4 Å². The first-order valence-corrected chi connectivity index (χ1v) is 8.56. The summed E-state index contributed by atoms with van der Waals surface area (Å²) < 4.78 is 18.6. The van der Waals surface area contributed by atoms with Crippen molar-refractivity contribution in [2.45, 2.75) is 19.4 Å². The van der Waals surface area contributed by atoms with Crippen LogP contribution in [-0.4, -0.2) is 11.8 Å². The van der Waals surface area contributed by atoms with E-state index in [0.29, 0.717) is 24.2 Å². The van der Waals surface area contributed by atoms with Crippen LogP contribution < -0.4 is 10.6 Å². The molecule has 138 valence electrons. The Morgan fingerprint density at radius 2 is 1.85 bits per heavy atom. The van der Waals surface area contributed by atoms with E-state index in [1.54, 1.807) is 48.5 Å². The van der Waals surface area contributed by atoms with Gasteiger partial charge in [-0.25, -0.2) is 4.39 Å². The molecule has 6 heteroatoms. The molecule has 0 aliphatic rings. The Morgan fingerprint density at radius 1 is 1.00 bits per heavy atom. The van der Waals surface area contributed by atoms with Crippen molar-refractivity contribution in [2.24, 2.45) is 0 Å². The SMILES string of the molecule is O=C(CCc1ccccc1F)NCc1cccc(NC(=O)c2ccco2)c1. The van der Waals surface area contributed by atoms with Gasteiger partial charge >= 0.3 is 0 Å². The normalized spacial score (nSPS) is 10.4. The van der Waals surface area contributed by atoms with Gasteiger partial charge in [0.2, 0.25) is 5.91 Å². The summed E-state index contributed by atoms with van der Waals surface area (Å²) in [7, 11) is 0. The van der Waals surface area contributed by atoms with E-state index in [2.05, 4.69) is 10.6 Å². The highest BCUT2D eigenvalue weighted by Crippen LogP contribution is 2.13. The molecule has 0 saturated heterocycles. The smallest absolute Gasteiger partial charge is 0.291 e. The summed E-state index contributed by atoms with van der Waals surface area (Å²) in [6.45, 7) is 0.320. The van der Waals surface area contributed by atoms with E-state index in [9.17, 15) is 14.0 Å². The fourth-order valence-electron chi connectivity index (χ4n) is 2.60. The maximum absolute atomic E-state index is 13.6. The number of aryl methyl sites for hydroxylation is 1. The van der Waals surface area contributed by atoms with Crippen LogP contribution in [0.5, 0.6) is 0 Å². The number of hydrogen-bond donors (Lipinski definition) is 2. The molecule has 1 aromatic heterocycles. The molecule has 2 aromatic carbocycles. The van der Waals surface area contributed by atoms with Crippen molar-refractivity contribution >= 4 is 17.5 Å². The summed E-state index contributed by atoms with van der Waals surface area (Å²) in [6, 6.07) is 16.8. The zero-order valence-corrected chi connectivity index (χ0v) is 14.6. The number of hydrogen-bond acceptors (Lipinski definition) is 3. The molecular formula is C21H19FN2O3. The largest absolute Gasteiger partial charge is 0.459 e. The second kappa shape index (κ2) is 8.80. The number of nitrogens with one attached hydrogen (secondary N) is 2. The Hall–Kier alpha value is -3.41. The summed E-state index contributed by atoms with van der Waals surface area (Å²) in [4.78, 5) is 24.0. The molecule has 0 spiro atoms. The van der Waals surface area contributed by atoms with Gasteiger partial charge in [0.25, 0.3) is 5.91 Å². The van der Waals surface area contributed by atoms with Crippen LogP contribution in [0.15, 0.2) is 71.3 Å². The summed E-state index contributed by atoms with van der Waals surface area (Å²) in [5.74, 6) is -0.582. The number of halogens is 1. The average Bonchev–Trinajstić information content (AvgIpc) is 3.21. The monoisotopic (exact) mass is 366 g/mol. The number of rotatable bonds is 7. The minimum Gasteiger partial charge on any atom is -0.459 e. The average molecular weight is 366 g/mol. The maximum Gasteiger partial charge on any atom is 0.291 e. The van der Waals surface area contributed by atoms with Crippen molar-refractivity contribution in [3.63, 3.8) is 0 Å². The van der Waals surface area contributed by atoms with Crippen molar-refractivity contribution in [2.75, 3.05) is 5.32 Å². The van der Waals surface area contributed by atoms with Gasteiger partial charge in [-0.15, -0.1) is 0 Å². The third-order valence-electron chi connectivity index (χ3n) is 4.00. The van der Waals surface area contributed by atoms with Gasteiger partial charge in [0, 0.05) is 18.7 Å². The predicted molar refractivity (Wildman–Crippen MR) is 99.7 cm³/mol. The highest BCUT2D eigenvalue weighted by atomic mass is 19.1. The molecule has 0 saturated carbocycles. The van der Waals surface area contributed by atoms with Gasteiger partial charge in [0.1, 0.15) is 5.82 Å². The molecule has 0 atom stereocenters. The quantitative estimate of drug-likeness (QED) is 0.666. The minimum atomic E-state index is -0.342. The molecule has 0 radical (unpaired) electrons. The van der Waals surface area contributed by atoms with Gasteiger partial charge in [-0.3, -0.25) is 9.59 Å². The number of furan rings is 1. The van der Waals surface area contributed by atoms with Crippen molar-refractivity contribution in [3.05, 3.63) is 89.6 Å². The molecule has 0 unspecified atom stereocenters. The standard InChI is InChI=1S/C21H19FN2O3/c22-18-8-2-1-6-16(18)10-11-20(25)23-14-15-5-3-7-17(13-15)24-21(26)19-9-4-12-27-19/h1-9,12-13H,10-11,14H2,(H,23,25)(H,24,26). The van der Waals surface area contributed by atoms with Crippen LogP contribution in [0.1, 0.15) is 28.1 Å². The van der Waals surface area contributed by atoms with Crippen LogP contribution in [0.2, 0.25) is 0 Å². The second-order valence-electron chi connectivity index (χ2n) is 6.00. The van der Waals surface area contributed by atoms with E-state index >= 15 is 0 Å². The molecule has 0 bridgehead atoms. The number of benzene rings is 2. The molecule has 0 fully saturated rings. The van der Waals surface area contributed by atoms with Crippen LogP contribution in [0.25, 0.3) is 0 Å². The minimum absolute atomic E-state index is 0.164. The molecule has 0 aliphatic heterocycles. The first-order chi connectivity index (χ1) is 13.1. The zero-order chi connectivity index (χ0) is 19.1. The highest BCUT2D eigenvalue weighted by molar-refractivity contribution is 6.02. The lowest BCUT2D eigenvalue weighted by Crippen LogP contribution is -2.23. The van der Waals surface area contributed by atoms with Gasteiger partial charge in [-0.05, 0) is 47.9 Å². The van der Waals surface area contributed by atoms with Gasteiger partial charge in [-0.2, -0.15) is 0 Å². The van der Waals surface area contributed by atoms with Crippen molar-refractivity contribution in [1.29, 1.82) is 0 Å². The lowest BCUT2D eigenvalue weighted by molar-refractivity contribution is -0.121. The van der Waals surface area contributed by atoms with Crippen LogP contribution in [-0.2, 0) is 17.8 Å². The third kappa shape index (κ3) is 5.28. The van der Waals surface area contributed by atoms with Crippen LogP contribution in [0.3, 0.4) is 0 Å². The summed E-state index contributed by atoms with van der Waals surface area (Å²) in [5, 5.41) is 5.54. The summed E-state index contributed by atoms with van der Waals surface area (Å²) >= 11 is 0. The number of carbonyl (C=O) groups excluding carboxylic acids is 2. The van der Waals surface area contributed by atoms with E-state index in [4.69, 9.17) is 4.42 Å². The molecule has 1 heterocycles. The van der Waals surface area contributed by atoms with E-state index in [1.165, 1.54) is 12.3 Å². The molecule has 2 N–H and O–H groups in total. The maximum atomic E-state index is 13.6. The Balaban J connectivity index is 1.50. The molecule has 27 heavy (non-hydrogen) atoms. The van der Waals surface area contributed by atoms with Gasteiger partial charge in [0.05, 0.1) is 6.26 Å². The van der Waals surface area contributed by atoms with Gasteiger partial charge in [0.15, 0.2) is 5.76 Å². The Kier molecular flexibility index (Phi) is 5.99. The summed E-state index contributed by atoms with van der Waals surface area (Å²) in [6.07, 6.45) is 1.98. The molecule has 3 aromatic rings. The molecular weight excluding hydrogens is 347 g/mol. The van der Waals surface area contributed by atoms with E-state index in [0.717, 1.165) is 5.56 Å². The van der Waals surface area contributed by atoms with E-state index < -0.39 is 0 Å². The Morgan fingerprint density at radius 3 is 2.63 bits per heavy atom. The first kappa shape index (κ1) is 18.4. The van der Waals surface area contributed by atoms with E-state index in [1.807, 2.05) is 6.07 Å². The molecule has 2 amide bonds. The van der Waals surface area contributed by atoms with Crippen molar-refractivity contribution in [3.8, 4) is 0 Å². The van der Waals surface area contributed by atoms with Crippen molar-refractivity contribution in [1.82, 2.24) is 5.32 Å². The summed E-state index contributed by atoms with van der Waals surface area (Å²) in [5.41, 5.74) is 1.97. The van der Waals surface area contributed by atoms with Crippen LogP contribution >= 0.6 is 0 Å². The second-order valence-corrected chi connectivity index (χ2v) is 6.00. The van der Waals surface area contributed by atoms with Crippen LogP contribution in [0, 0.1) is 5.82 Å². The predicted octanol–water partition coefficient (Wildman–Crippen LogP) is 3.92. The lowest BCUT2D eigenvalue weighted by atomic mass is 10.1. The fourth-order valence-corrected chi connectivity index (χ4v) is 2.60. The van der Waals surface area contributed by atoms with Gasteiger partial charge in [-0.1, -0.05) is 30.3 Å².